The summed E-state index contributed by atoms with van der Waals surface area (Å²) in [7, 11) is 0. The Labute approximate surface area is 117 Å². The third-order valence-electron chi connectivity index (χ3n) is 3.54. The number of nitrogens with one attached hydrogen (secondary N) is 2. The Hall–Kier alpha value is -2.81. The van der Waals surface area contributed by atoms with Gasteiger partial charge in [-0.3, -0.25) is 0 Å². The van der Waals surface area contributed by atoms with Gasteiger partial charge in [-0.15, -0.1) is 4.68 Å². The summed E-state index contributed by atoms with van der Waals surface area (Å²) in [5.41, 5.74) is 5.63. The number of hydrogen-bond donors (Lipinski definition) is 2. The van der Waals surface area contributed by atoms with Gasteiger partial charge in [-0.1, -0.05) is 48.5 Å². The maximum absolute atomic E-state index is 3.42. The van der Waals surface area contributed by atoms with Gasteiger partial charge in [0.05, 0.1) is 5.39 Å². The first-order valence-electron chi connectivity index (χ1n) is 6.64. The molecule has 2 aromatic carbocycles. The Morgan fingerprint density at radius 2 is 1.60 bits per heavy atom. The van der Waals surface area contributed by atoms with Crippen LogP contribution in [0.5, 0.6) is 0 Å². The minimum atomic E-state index is 1.05. The van der Waals surface area contributed by atoms with Gasteiger partial charge in [-0.05, 0) is 17.5 Å². The first kappa shape index (κ1) is 11.1. The highest BCUT2D eigenvalue weighted by Gasteiger charge is 2.19. The Balaban J connectivity index is 1.80. The van der Waals surface area contributed by atoms with Gasteiger partial charge in [0, 0.05) is 5.56 Å². The van der Waals surface area contributed by atoms with E-state index in [1.54, 1.807) is 0 Å². The van der Waals surface area contributed by atoms with Crippen molar-refractivity contribution in [2.45, 2.75) is 0 Å². The van der Waals surface area contributed by atoms with E-state index in [2.05, 4.69) is 53.2 Å². The molecule has 1 aliphatic heterocycles. The van der Waals surface area contributed by atoms with Crippen LogP contribution in [0.2, 0.25) is 0 Å². The minimum absolute atomic E-state index is 1.05. The molecule has 0 unspecified atom stereocenters. The second kappa shape index (κ2) is 4.38. The molecule has 0 saturated heterocycles. The van der Waals surface area contributed by atoms with Gasteiger partial charge in [0.2, 0.25) is 0 Å². The lowest BCUT2D eigenvalue weighted by molar-refractivity contribution is -0.627. The molecule has 0 fully saturated rings. The van der Waals surface area contributed by atoms with E-state index in [1.165, 1.54) is 10.8 Å². The lowest BCUT2D eigenvalue weighted by Gasteiger charge is -2.16. The van der Waals surface area contributed by atoms with Gasteiger partial charge in [0.15, 0.2) is 0 Å². The van der Waals surface area contributed by atoms with Gasteiger partial charge in [-0.25, -0.2) is 10.7 Å². The van der Waals surface area contributed by atoms with E-state index >= 15 is 0 Å². The Morgan fingerprint density at radius 1 is 0.800 bits per heavy atom. The van der Waals surface area contributed by atoms with Crippen LogP contribution in [-0.4, -0.2) is 0 Å². The third kappa shape index (κ3) is 1.72. The van der Waals surface area contributed by atoms with E-state index < -0.39 is 0 Å². The number of nitrogens with zero attached hydrogens (tertiary/aromatic N) is 1. The van der Waals surface area contributed by atoms with E-state index in [4.69, 9.17) is 0 Å². The Morgan fingerprint density at radius 3 is 2.50 bits per heavy atom. The summed E-state index contributed by atoms with van der Waals surface area (Å²) in [4.78, 5) is 0. The molecular weight excluding hydrogens is 246 g/mol. The molecule has 0 saturated carbocycles. The van der Waals surface area contributed by atoms with Crippen molar-refractivity contribution in [3.8, 4) is 0 Å². The third-order valence-corrected chi connectivity index (χ3v) is 3.54. The Kier molecular flexibility index (Phi) is 2.42. The fourth-order valence-electron chi connectivity index (χ4n) is 2.53. The summed E-state index contributed by atoms with van der Waals surface area (Å²) in [5, 5.41) is 5.82. The minimum Gasteiger partial charge on any atom is -0.243 e. The second-order valence-corrected chi connectivity index (χ2v) is 4.80. The zero-order valence-electron chi connectivity index (χ0n) is 10.9. The SMILES string of the molecule is C1=C(c2ccccc2)N[n+]2ccc3ccccc3c2N1. The van der Waals surface area contributed by atoms with Crippen LogP contribution in [0.15, 0.2) is 73.1 Å². The van der Waals surface area contributed by atoms with Crippen LogP contribution in [0, 0.1) is 0 Å². The smallest absolute Gasteiger partial charge is 0.243 e. The largest absolute Gasteiger partial charge is 0.310 e. The van der Waals surface area contributed by atoms with Crippen LogP contribution in [-0.2, 0) is 0 Å². The number of hydrogen-bond acceptors (Lipinski definition) is 2. The molecule has 4 rings (SSSR count). The lowest BCUT2D eigenvalue weighted by Crippen LogP contribution is -2.48. The summed E-state index contributed by atoms with van der Waals surface area (Å²) < 4.78 is 2.02. The first-order valence-corrected chi connectivity index (χ1v) is 6.64. The number of rotatable bonds is 1. The van der Waals surface area contributed by atoms with Gasteiger partial charge in [0.1, 0.15) is 18.1 Å². The van der Waals surface area contributed by atoms with Gasteiger partial charge in [-0.2, -0.15) is 0 Å². The maximum atomic E-state index is 3.42. The maximum Gasteiger partial charge on any atom is 0.310 e. The molecule has 96 valence electrons. The van der Waals surface area contributed by atoms with Crippen molar-refractivity contribution in [3.05, 3.63) is 78.6 Å². The van der Waals surface area contributed by atoms with Crippen molar-refractivity contribution in [1.29, 1.82) is 0 Å². The van der Waals surface area contributed by atoms with Crippen molar-refractivity contribution in [2.75, 3.05) is 10.7 Å². The highest BCUT2D eigenvalue weighted by molar-refractivity contribution is 5.91. The molecule has 1 aliphatic rings. The molecule has 0 spiro atoms. The summed E-state index contributed by atoms with van der Waals surface area (Å²) in [5.74, 6) is 1.06. The molecule has 0 bridgehead atoms. The first-order chi connectivity index (χ1) is 9.92. The number of anilines is 1. The fraction of sp³-hybridized carbons (Fsp3) is 0. The summed E-state index contributed by atoms with van der Waals surface area (Å²) in [6.45, 7) is 0. The molecule has 2 heterocycles. The van der Waals surface area contributed by atoms with Crippen LogP contribution in [0.4, 0.5) is 5.82 Å². The average Bonchev–Trinajstić information content (AvgIpc) is 2.55. The lowest BCUT2D eigenvalue weighted by atomic mass is 10.1. The van der Waals surface area contributed by atoms with E-state index in [1.807, 2.05) is 35.3 Å². The van der Waals surface area contributed by atoms with Crippen molar-refractivity contribution < 1.29 is 4.68 Å². The molecule has 0 radical (unpaired) electrons. The predicted octanol–water partition coefficient (Wildman–Crippen LogP) is 3.09. The zero-order valence-corrected chi connectivity index (χ0v) is 10.9. The van der Waals surface area contributed by atoms with Crippen molar-refractivity contribution >= 4 is 22.3 Å². The molecule has 20 heavy (non-hydrogen) atoms. The zero-order chi connectivity index (χ0) is 13.4. The summed E-state index contributed by atoms with van der Waals surface area (Å²) in [6, 6.07) is 20.8. The van der Waals surface area contributed by atoms with E-state index in [0.29, 0.717) is 0 Å². The quantitative estimate of drug-likeness (QED) is 0.658. The van der Waals surface area contributed by atoms with Crippen LogP contribution in [0.1, 0.15) is 5.56 Å². The molecule has 1 aromatic heterocycles. The number of fused-ring (bicyclic) bond motifs is 3. The highest BCUT2D eigenvalue weighted by atomic mass is 15.5. The van der Waals surface area contributed by atoms with Crippen LogP contribution in [0.3, 0.4) is 0 Å². The van der Waals surface area contributed by atoms with Crippen LogP contribution in [0.25, 0.3) is 16.5 Å². The number of benzene rings is 2. The van der Waals surface area contributed by atoms with E-state index in [0.717, 1.165) is 17.1 Å². The molecule has 3 nitrogen and oxygen atoms in total. The normalized spacial score (nSPS) is 13.1. The van der Waals surface area contributed by atoms with Gasteiger partial charge >= 0.3 is 5.82 Å². The molecule has 0 aliphatic carbocycles. The topological polar surface area (TPSA) is 27.9 Å². The van der Waals surface area contributed by atoms with Crippen molar-refractivity contribution in [3.63, 3.8) is 0 Å². The summed E-state index contributed by atoms with van der Waals surface area (Å²) >= 11 is 0. The van der Waals surface area contributed by atoms with Crippen molar-refractivity contribution in [2.24, 2.45) is 0 Å². The second-order valence-electron chi connectivity index (χ2n) is 4.80. The van der Waals surface area contributed by atoms with E-state index in [9.17, 15) is 0 Å². The molecule has 3 aromatic rings. The van der Waals surface area contributed by atoms with Crippen LogP contribution >= 0.6 is 0 Å². The molecule has 2 N–H and O–H groups in total. The number of aromatic nitrogens is 1. The van der Waals surface area contributed by atoms with Gasteiger partial charge in [0.25, 0.3) is 0 Å². The molecule has 0 atom stereocenters. The number of pyridine rings is 1. The van der Waals surface area contributed by atoms with Crippen LogP contribution < -0.4 is 15.4 Å². The Bertz CT molecular complexity index is 807. The molecular formula is C17H14N3+. The van der Waals surface area contributed by atoms with E-state index in [-0.39, 0.29) is 0 Å². The average molecular weight is 260 g/mol. The molecule has 0 amide bonds. The standard InChI is InChI=1S/C17H13N3/c1-2-7-14(8-3-1)16-12-18-17-15-9-5-4-6-13(15)10-11-20(17)19-16/h1-12,19H/p+1. The van der Waals surface area contributed by atoms with Crippen molar-refractivity contribution in [1.82, 2.24) is 0 Å². The highest BCUT2D eigenvalue weighted by Crippen LogP contribution is 2.22. The molecule has 3 heteroatoms. The fourth-order valence-corrected chi connectivity index (χ4v) is 2.53. The summed E-state index contributed by atoms with van der Waals surface area (Å²) in [6.07, 6.45) is 4.05. The predicted molar refractivity (Wildman–Crippen MR) is 81.5 cm³/mol. The van der Waals surface area contributed by atoms with Gasteiger partial charge < -0.3 is 0 Å². The monoisotopic (exact) mass is 260 g/mol.